The van der Waals surface area contributed by atoms with Crippen LogP contribution in [0.4, 0.5) is 4.39 Å². The van der Waals surface area contributed by atoms with Crippen molar-refractivity contribution < 1.29 is 19.5 Å². The van der Waals surface area contributed by atoms with Gasteiger partial charge in [0.15, 0.2) is 12.4 Å². The summed E-state index contributed by atoms with van der Waals surface area (Å²) >= 11 is 0. The van der Waals surface area contributed by atoms with Gasteiger partial charge in [-0.15, -0.1) is 0 Å². The van der Waals surface area contributed by atoms with Crippen LogP contribution in [0.1, 0.15) is 46.6 Å². The standard InChI is InChI=1S/C18H25FN3O5P/c1-10-16(15(19)17(26-10)21-7-6-14(23)20-18(21)24)27-28-22-12(9-25-28)8-11-4-2-3-5-13(11)22/h6-7,10-13,15-17H,2-5,8-9H2,1H3,(H,20,23,24)/t10?,11-,12-,13-,15?,16?,17?,28+/m0/s1/i1D. The van der Waals surface area contributed by atoms with Crippen molar-refractivity contribution in [3.8, 4) is 0 Å². The molecule has 154 valence electrons. The number of rotatable bonds is 3. The van der Waals surface area contributed by atoms with E-state index in [4.69, 9.17) is 15.2 Å². The number of aromatic nitrogens is 2. The van der Waals surface area contributed by atoms with Crippen molar-refractivity contribution in [2.24, 2.45) is 5.92 Å². The lowest BCUT2D eigenvalue weighted by atomic mass is 9.85. The minimum Gasteiger partial charge on any atom is -0.349 e. The molecule has 1 N–H and O–H groups in total. The van der Waals surface area contributed by atoms with Crippen molar-refractivity contribution in [2.75, 3.05) is 6.61 Å². The van der Waals surface area contributed by atoms with Crippen LogP contribution in [0.2, 0.25) is 0 Å². The van der Waals surface area contributed by atoms with Crippen LogP contribution in [0.25, 0.3) is 0 Å². The van der Waals surface area contributed by atoms with Gasteiger partial charge in [-0.3, -0.25) is 14.3 Å². The molecule has 10 heteroatoms. The van der Waals surface area contributed by atoms with E-state index < -0.39 is 44.4 Å². The van der Waals surface area contributed by atoms with Crippen LogP contribution in [0.5, 0.6) is 0 Å². The van der Waals surface area contributed by atoms with E-state index in [1.54, 1.807) is 0 Å². The van der Waals surface area contributed by atoms with Gasteiger partial charge in [-0.25, -0.2) is 13.9 Å². The number of aromatic amines is 1. The molecule has 0 spiro atoms. The fourth-order valence-electron chi connectivity index (χ4n) is 5.02. The van der Waals surface area contributed by atoms with Crippen LogP contribution >= 0.6 is 8.53 Å². The van der Waals surface area contributed by atoms with E-state index in [1.807, 2.05) is 0 Å². The molecule has 4 fully saturated rings. The molecule has 4 aliphatic rings. The number of hydrogen-bond acceptors (Lipinski definition) is 6. The Kier molecular flexibility index (Phi) is 4.61. The number of fused-ring (bicyclic) bond motifs is 3. The summed E-state index contributed by atoms with van der Waals surface area (Å²) in [7, 11) is -1.42. The summed E-state index contributed by atoms with van der Waals surface area (Å²) in [6.45, 7) is 0.399. The van der Waals surface area contributed by atoms with E-state index in [0.29, 0.717) is 24.6 Å². The smallest absolute Gasteiger partial charge is 0.330 e. The third-order valence-corrected chi connectivity index (χ3v) is 8.12. The maximum Gasteiger partial charge on any atom is 0.330 e. The van der Waals surface area contributed by atoms with Gasteiger partial charge in [0, 0.05) is 25.7 Å². The average molecular weight is 414 g/mol. The van der Waals surface area contributed by atoms with Gasteiger partial charge in [-0.1, -0.05) is 12.8 Å². The number of hydrogen-bond donors (Lipinski definition) is 1. The Bertz CT molecular complexity index is 870. The lowest BCUT2D eigenvalue weighted by Gasteiger charge is -2.34. The molecule has 28 heavy (non-hydrogen) atoms. The van der Waals surface area contributed by atoms with Gasteiger partial charge in [-0.05, 0) is 32.1 Å². The van der Waals surface area contributed by atoms with Gasteiger partial charge in [0.25, 0.3) is 14.1 Å². The Balaban J connectivity index is 1.35. The average Bonchev–Trinajstić information content (AvgIpc) is 3.36. The zero-order chi connectivity index (χ0) is 20.1. The number of alkyl halides is 1. The highest BCUT2D eigenvalue weighted by Gasteiger charge is 2.54. The molecule has 5 rings (SSSR count). The van der Waals surface area contributed by atoms with Crippen LogP contribution in [0.15, 0.2) is 21.9 Å². The van der Waals surface area contributed by atoms with Crippen molar-refractivity contribution in [3.05, 3.63) is 33.1 Å². The monoisotopic (exact) mass is 414 g/mol. The first kappa shape index (κ1) is 17.7. The summed E-state index contributed by atoms with van der Waals surface area (Å²) in [5, 5.41) is 0. The maximum atomic E-state index is 15.3. The van der Waals surface area contributed by atoms with Crippen molar-refractivity contribution in [1.82, 2.24) is 14.2 Å². The van der Waals surface area contributed by atoms with Crippen LogP contribution in [0, 0.1) is 5.92 Å². The molecule has 1 aromatic rings. The summed E-state index contributed by atoms with van der Waals surface area (Å²) in [6, 6.07) is 1.89. The number of ether oxygens (including phenoxy) is 1. The molecule has 4 unspecified atom stereocenters. The van der Waals surface area contributed by atoms with Crippen LogP contribution in [-0.4, -0.2) is 51.3 Å². The highest BCUT2D eigenvalue weighted by Crippen LogP contribution is 2.60. The Morgan fingerprint density at radius 1 is 1.39 bits per heavy atom. The van der Waals surface area contributed by atoms with Gasteiger partial charge in [0.2, 0.25) is 0 Å². The quantitative estimate of drug-likeness (QED) is 0.763. The number of nitrogens with one attached hydrogen (secondary N) is 1. The molecular formula is C18H25FN3O5P. The van der Waals surface area contributed by atoms with E-state index >= 15 is 4.39 Å². The fourth-order valence-corrected chi connectivity index (χ4v) is 7.05. The third kappa shape index (κ3) is 3.08. The molecule has 3 aliphatic heterocycles. The van der Waals surface area contributed by atoms with E-state index in [0.717, 1.165) is 23.5 Å². The first-order chi connectivity index (χ1) is 14.1. The lowest BCUT2D eigenvalue weighted by Crippen LogP contribution is -2.37. The number of nitrogens with zero attached hydrogens (tertiary/aromatic N) is 2. The third-order valence-electron chi connectivity index (χ3n) is 6.33. The zero-order valence-electron chi connectivity index (χ0n) is 16.4. The normalized spacial score (nSPS) is 43.7. The fraction of sp³-hybridized carbons (Fsp3) is 0.778. The van der Waals surface area contributed by atoms with E-state index in [-0.39, 0.29) is 6.90 Å². The first-order valence-electron chi connectivity index (χ1n) is 10.6. The lowest BCUT2D eigenvalue weighted by molar-refractivity contribution is -0.0177. The van der Waals surface area contributed by atoms with Gasteiger partial charge in [0.1, 0.15) is 6.10 Å². The van der Waals surface area contributed by atoms with Crippen molar-refractivity contribution in [1.29, 1.82) is 0 Å². The Morgan fingerprint density at radius 3 is 3.07 bits per heavy atom. The topological polar surface area (TPSA) is 85.8 Å². The highest BCUT2D eigenvalue weighted by atomic mass is 31.2. The van der Waals surface area contributed by atoms with Gasteiger partial charge in [-0.2, -0.15) is 0 Å². The Labute approximate surface area is 164 Å². The largest absolute Gasteiger partial charge is 0.349 e. The number of halogens is 1. The molecule has 0 aromatic carbocycles. The van der Waals surface area contributed by atoms with Gasteiger partial charge < -0.3 is 13.8 Å². The summed E-state index contributed by atoms with van der Waals surface area (Å²) in [5.74, 6) is 0.659. The summed E-state index contributed by atoms with van der Waals surface area (Å²) in [5.41, 5.74) is -1.31. The van der Waals surface area contributed by atoms with Crippen molar-refractivity contribution >= 4 is 8.53 Å². The molecule has 0 bridgehead atoms. The van der Waals surface area contributed by atoms with E-state index in [1.165, 1.54) is 25.5 Å². The summed E-state index contributed by atoms with van der Waals surface area (Å²) in [6.07, 6.45) is 2.41. The predicted molar refractivity (Wildman–Crippen MR) is 99.5 cm³/mol. The van der Waals surface area contributed by atoms with Crippen molar-refractivity contribution in [3.63, 3.8) is 0 Å². The molecule has 8 nitrogen and oxygen atoms in total. The Morgan fingerprint density at radius 2 is 2.25 bits per heavy atom. The number of H-pyrrole nitrogens is 1. The minimum absolute atomic E-state index is 0.196. The first-order valence-corrected chi connectivity index (χ1v) is 11.0. The zero-order valence-corrected chi connectivity index (χ0v) is 16.3. The van der Waals surface area contributed by atoms with Gasteiger partial charge >= 0.3 is 5.69 Å². The van der Waals surface area contributed by atoms with Crippen molar-refractivity contribution in [2.45, 2.75) is 75.7 Å². The van der Waals surface area contributed by atoms with Crippen LogP contribution in [-0.2, 0) is 13.8 Å². The molecule has 0 amide bonds. The minimum atomic E-state index is -1.65. The molecule has 1 aliphatic carbocycles. The summed E-state index contributed by atoms with van der Waals surface area (Å²) < 4.78 is 44.1. The molecule has 0 radical (unpaired) electrons. The second-order valence-electron chi connectivity index (χ2n) is 8.01. The predicted octanol–water partition coefficient (Wildman–Crippen LogP) is 2.07. The van der Waals surface area contributed by atoms with E-state index in [2.05, 4.69) is 9.65 Å². The van der Waals surface area contributed by atoms with Crippen LogP contribution < -0.4 is 11.2 Å². The molecule has 8 atom stereocenters. The SMILES string of the molecule is [2H]CC1OC(n2ccc(=O)[nH]c2=O)C(F)C1O[P@@]1OC[C@@H]2C[C@@H]3CCCC[C@@H]3N21. The maximum absolute atomic E-state index is 15.3. The van der Waals surface area contributed by atoms with E-state index in [9.17, 15) is 9.59 Å². The molecule has 3 saturated heterocycles. The Hall–Kier alpha value is -1.12. The van der Waals surface area contributed by atoms with Gasteiger partial charge in [0.05, 0.1) is 12.7 Å². The second-order valence-corrected chi connectivity index (χ2v) is 9.42. The second kappa shape index (κ2) is 7.29. The highest BCUT2D eigenvalue weighted by molar-refractivity contribution is 7.45. The van der Waals surface area contributed by atoms with Crippen LogP contribution in [0.3, 0.4) is 0 Å². The molecule has 1 saturated carbocycles. The molecule has 1 aromatic heterocycles. The summed E-state index contributed by atoms with van der Waals surface area (Å²) in [4.78, 5) is 25.5. The molecule has 4 heterocycles. The molecular weight excluding hydrogens is 388 g/mol.